The molecule has 122 valence electrons. The Kier molecular flexibility index (Phi) is 5.58. The average Bonchev–Trinajstić information content (AvgIpc) is 2.90. The number of aryl methyl sites for hydroxylation is 1. The lowest BCUT2D eigenvalue weighted by molar-refractivity contribution is -0.111. The highest BCUT2D eigenvalue weighted by Gasteiger charge is 2.14. The van der Waals surface area contributed by atoms with E-state index in [1.165, 1.54) is 42.7 Å². The van der Waals surface area contributed by atoms with Crippen LogP contribution in [0.4, 0.5) is 13.9 Å². The molecule has 1 aromatic carbocycles. The number of para-hydroxylation sites is 1. The van der Waals surface area contributed by atoms with Crippen molar-refractivity contribution in [1.82, 2.24) is 10.2 Å². The summed E-state index contributed by atoms with van der Waals surface area (Å²) in [6, 6.07) is 4.61. The summed E-state index contributed by atoms with van der Waals surface area (Å²) in [6.45, 7) is -1.25. The van der Waals surface area contributed by atoms with Gasteiger partial charge in [0.05, 0.1) is 7.11 Å². The highest BCUT2D eigenvalue weighted by molar-refractivity contribution is 7.15. The quantitative estimate of drug-likeness (QED) is 0.817. The van der Waals surface area contributed by atoms with Crippen molar-refractivity contribution in [2.24, 2.45) is 0 Å². The van der Waals surface area contributed by atoms with E-state index < -0.39 is 12.5 Å². The molecule has 1 heterocycles. The Morgan fingerprint density at radius 1 is 1.39 bits per heavy atom. The van der Waals surface area contributed by atoms with E-state index in [0.717, 1.165) is 0 Å². The minimum absolute atomic E-state index is 0.138. The van der Waals surface area contributed by atoms with Crippen molar-refractivity contribution in [3.05, 3.63) is 34.8 Å². The lowest BCUT2D eigenvalue weighted by Gasteiger charge is -2.12. The normalized spacial score (nSPS) is 11.0. The van der Waals surface area contributed by atoms with Crippen LogP contribution in [0.1, 0.15) is 10.6 Å². The second-order valence-corrected chi connectivity index (χ2v) is 5.39. The Labute approximate surface area is 134 Å². The lowest BCUT2D eigenvalue weighted by atomic mass is 10.1. The number of anilines is 1. The molecule has 0 fully saturated rings. The van der Waals surface area contributed by atoms with Gasteiger partial charge in [-0.1, -0.05) is 23.5 Å². The van der Waals surface area contributed by atoms with Gasteiger partial charge in [-0.3, -0.25) is 10.1 Å². The first-order valence-corrected chi connectivity index (χ1v) is 7.22. The number of alkyl halides is 2. The summed E-state index contributed by atoms with van der Waals surface area (Å²) < 4.78 is 34.5. The monoisotopic (exact) mass is 341 g/mol. The topological polar surface area (TPSA) is 73.3 Å². The van der Waals surface area contributed by atoms with Crippen molar-refractivity contribution in [2.75, 3.05) is 12.4 Å². The summed E-state index contributed by atoms with van der Waals surface area (Å²) in [4.78, 5) is 11.8. The molecule has 1 amide bonds. The van der Waals surface area contributed by atoms with Crippen LogP contribution in [0.25, 0.3) is 6.08 Å². The Hall–Kier alpha value is -2.55. The van der Waals surface area contributed by atoms with Crippen LogP contribution in [0.15, 0.2) is 24.3 Å². The Bertz CT molecular complexity index is 719. The maximum atomic E-state index is 12.5. The first kappa shape index (κ1) is 16.8. The largest absolute Gasteiger partial charge is 0.493 e. The lowest BCUT2D eigenvalue weighted by Crippen LogP contribution is -2.08. The number of hydrogen-bond donors (Lipinski definition) is 1. The van der Waals surface area contributed by atoms with E-state index >= 15 is 0 Å². The molecule has 0 unspecified atom stereocenters. The number of methoxy groups -OCH3 is 1. The van der Waals surface area contributed by atoms with Gasteiger partial charge in [-0.15, -0.1) is 10.2 Å². The standard InChI is InChI=1S/C14H13F2N3O3S/c1-8-18-19-14(23-8)17-11(20)7-6-9-4-3-5-10(21-2)12(9)22-13(15)16/h3-7,13H,1-2H3,(H,17,19,20)/b7-6+. The van der Waals surface area contributed by atoms with Crippen LogP contribution in [0.2, 0.25) is 0 Å². The second-order valence-electron chi connectivity index (χ2n) is 4.21. The number of halogens is 2. The predicted molar refractivity (Wildman–Crippen MR) is 81.9 cm³/mol. The van der Waals surface area contributed by atoms with Crippen molar-refractivity contribution in [1.29, 1.82) is 0 Å². The third-order valence-corrected chi connectivity index (χ3v) is 3.36. The summed E-state index contributed by atoms with van der Waals surface area (Å²) in [7, 11) is 1.34. The molecule has 0 bridgehead atoms. The van der Waals surface area contributed by atoms with Gasteiger partial charge in [0.1, 0.15) is 5.01 Å². The van der Waals surface area contributed by atoms with Gasteiger partial charge in [-0.25, -0.2) is 0 Å². The molecule has 0 saturated carbocycles. The highest BCUT2D eigenvalue weighted by Crippen LogP contribution is 2.33. The number of nitrogens with zero attached hydrogens (tertiary/aromatic N) is 2. The van der Waals surface area contributed by atoms with Crippen LogP contribution < -0.4 is 14.8 Å². The van der Waals surface area contributed by atoms with Crippen LogP contribution in [-0.4, -0.2) is 29.8 Å². The fourth-order valence-electron chi connectivity index (χ4n) is 1.70. The number of aromatic nitrogens is 2. The summed E-state index contributed by atoms with van der Waals surface area (Å²) in [5.74, 6) is -0.458. The zero-order valence-electron chi connectivity index (χ0n) is 12.2. The zero-order chi connectivity index (χ0) is 16.8. The van der Waals surface area contributed by atoms with Gasteiger partial charge < -0.3 is 9.47 Å². The number of carbonyl (C=O) groups excluding carboxylic acids is 1. The van der Waals surface area contributed by atoms with E-state index in [-0.39, 0.29) is 17.1 Å². The first-order valence-electron chi connectivity index (χ1n) is 6.40. The smallest absolute Gasteiger partial charge is 0.387 e. The summed E-state index contributed by atoms with van der Waals surface area (Å²) in [5.41, 5.74) is 0.285. The number of amides is 1. The molecule has 6 nitrogen and oxygen atoms in total. The van der Waals surface area contributed by atoms with Crippen LogP contribution >= 0.6 is 11.3 Å². The molecule has 0 aliphatic carbocycles. The maximum absolute atomic E-state index is 12.5. The van der Waals surface area contributed by atoms with E-state index in [4.69, 9.17) is 4.74 Å². The van der Waals surface area contributed by atoms with Gasteiger partial charge in [-0.2, -0.15) is 8.78 Å². The molecule has 0 saturated heterocycles. The Morgan fingerprint density at radius 3 is 2.78 bits per heavy atom. The van der Waals surface area contributed by atoms with E-state index in [1.54, 1.807) is 13.0 Å². The molecular weight excluding hydrogens is 328 g/mol. The molecule has 23 heavy (non-hydrogen) atoms. The zero-order valence-corrected chi connectivity index (χ0v) is 13.1. The van der Waals surface area contributed by atoms with E-state index in [1.807, 2.05) is 0 Å². The number of ether oxygens (including phenoxy) is 2. The van der Waals surface area contributed by atoms with Crippen molar-refractivity contribution >= 4 is 28.5 Å². The van der Waals surface area contributed by atoms with Crippen molar-refractivity contribution < 1.29 is 23.0 Å². The van der Waals surface area contributed by atoms with Crippen LogP contribution in [0.5, 0.6) is 11.5 Å². The third kappa shape index (κ3) is 4.71. The molecule has 9 heteroatoms. The summed E-state index contributed by atoms with van der Waals surface area (Å²) in [6.07, 6.45) is 2.54. The van der Waals surface area contributed by atoms with E-state index in [2.05, 4.69) is 20.3 Å². The molecule has 0 spiro atoms. The molecule has 2 aromatic rings. The maximum Gasteiger partial charge on any atom is 0.387 e. The number of carbonyl (C=O) groups is 1. The number of hydrogen-bond acceptors (Lipinski definition) is 6. The van der Waals surface area contributed by atoms with Gasteiger partial charge in [0.15, 0.2) is 11.5 Å². The molecule has 1 N–H and O–H groups in total. The van der Waals surface area contributed by atoms with Crippen LogP contribution in [-0.2, 0) is 4.79 Å². The van der Waals surface area contributed by atoms with Crippen LogP contribution in [0, 0.1) is 6.92 Å². The minimum atomic E-state index is -3.00. The van der Waals surface area contributed by atoms with Crippen molar-refractivity contribution in [3.8, 4) is 11.5 Å². The number of benzene rings is 1. The second kappa shape index (κ2) is 7.63. The van der Waals surface area contributed by atoms with Crippen molar-refractivity contribution in [2.45, 2.75) is 13.5 Å². The van der Waals surface area contributed by atoms with Gasteiger partial charge >= 0.3 is 6.61 Å². The van der Waals surface area contributed by atoms with Gasteiger partial charge in [0.25, 0.3) is 0 Å². The molecule has 0 aliphatic heterocycles. The van der Waals surface area contributed by atoms with Crippen LogP contribution in [0.3, 0.4) is 0 Å². The third-order valence-electron chi connectivity index (χ3n) is 2.61. The number of rotatable bonds is 6. The molecule has 2 rings (SSSR count). The molecular formula is C14H13F2N3O3S. The molecule has 0 aliphatic rings. The highest BCUT2D eigenvalue weighted by atomic mass is 32.1. The average molecular weight is 341 g/mol. The summed E-state index contributed by atoms with van der Waals surface area (Å²) >= 11 is 1.22. The minimum Gasteiger partial charge on any atom is -0.493 e. The van der Waals surface area contributed by atoms with Gasteiger partial charge in [0, 0.05) is 11.6 Å². The fraction of sp³-hybridized carbons (Fsp3) is 0.214. The molecule has 0 radical (unpaired) electrons. The Balaban J connectivity index is 2.16. The Morgan fingerprint density at radius 2 is 2.17 bits per heavy atom. The van der Waals surface area contributed by atoms with E-state index in [9.17, 15) is 13.6 Å². The SMILES string of the molecule is COc1cccc(/C=C/C(=O)Nc2nnc(C)s2)c1OC(F)F. The summed E-state index contributed by atoms with van der Waals surface area (Å²) in [5, 5.41) is 11.1. The first-order chi connectivity index (χ1) is 11.0. The van der Waals surface area contributed by atoms with Crippen molar-refractivity contribution in [3.63, 3.8) is 0 Å². The predicted octanol–water partition coefficient (Wildman–Crippen LogP) is 3.11. The molecule has 0 atom stereocenters. The van der Waals surface area contributed by atoms with Gasteiger partial charge in [-0.05, 0) is 19.1 Å². The van der Waals surface area contributed by atoms with Gasteiger partial charge in [0.2, 0.25) is 11.0 Å². The fourth-order valence-corrected chi connectivity index (χ4v) is 2.29. The number of nitrogens with one attached hydrogen (secondary N) is 1. The van der Waals surface area contributed by atoms with E-state index in [0.29, 0.717) is 10.1 Å². The molecule has 1 aromatic heterocycles.